The van der Waals surface area contributed by atoms with E-state index in [0.29, 0.717) is 0 Å². The molecular formula is C18H30N4OS. The fraction of sp³-hybridized carbons (Fsp3) is 0.778. The number of piperidine rings is 1. The highest BCUT2D eigenvalue weighted by Gasteiger charge is 2.25. The fourth-order valence-corrected chi connectivity index (χ4v) is 4.86. The molecule has 24 heavy (non-hydrogen) atoms. The summed E-state index contributed by atoms with van der Waals surface area (Å²) in [5.41, 5.74) is 0.816. The molecule has 1 aliphatic heterocycles. The van der Waals surface area contributed by atoms with Crippen LogP contribution in [-0.2, 0) is 0 Å². The molecule has 0 bridgehead atoms. The molecule has 1 amide bonds. The lowest BCUT2D eigenvalue weighted by Gasteiger charge is -2.36. The molecule has 1 atom stereocenters. The van der Waals surface area contributed by atoms with Crippen LogP contribution in [0.4, 0.5) is 5.13 Å². The Morgan fingerprint density at radius 3 is 2.75 bits per heavy atom. The summed E-state index contributed by atoms with van der Waals surface area (Å²) in [6.45, 7) is 5.31. The summed E-state index contributed by atoms with van der Waals surface area (Å²) >= 11 is 1.44. The van der Waals surface area contributed by atoms with Crippen LogP contribution in [0.5, 0.6) is 0 Å². The zero-order chi connectivity index (χ0) is 16.9. The van der Waals surface area contributed by atoms with Gasteiger partial charge in [-0.25, -0.2) is 4.98 Å². The van der Waals surface area contributed by atoms with Crippen LogP contribution in [0.15, 0.2) is 0 Å². The molecule has 0 spiro atoms. The van der Waals surface area contributed by atoms with Crippen LogP contribution in [0.25, 0.3) is 0 Å². The van der Waals surface area contributed by atoms with E-state index in [4.69, 9.17) is 0 Å². The van der Waals surface area contributed by atoms with Crippen LogP contribution in [0.2, 0.25) is 0 Å². The topological polar surface area (TPSA) is 57.3 Å². The standard InChI is InChI=1S/C18H30N4OS/c1-13-16(24-18(19-2)20-13)17(23)21-15-9-6-10-22(12-15)11-14-7-4-3-5-8-14/h14-15H,3-12H2,1-2H3,(H,19,20)(H,21,23). The van der Waals surface area contributed by atoms with Crippen molar-refractivity contribution in [1.82, 2.24) is 15.2 Å². The summed E-state index contributed by atoms with van der Waals surface area (Å²) in [6.07, 6.45) is 9.26. The predicted molar refractivity (Wildman–Crippen MR) is 99.9 cm³/mol. The molecule has 2 aliphatic rings. The monoisotopic (exact) mass is 350 g/mol. The van der Waals surface area contributed by atoms with Gasteiger partial charge in [0.15, 0.2) is 5.13 Å². The Morgan fingerprint density at radius 2 is 2.04 bits per heavy atom. The summed E-state index contributed by atoms with van der Waals surface area (Å²) in [7, 11) is 1.84. The van der Waals surface area contributed by atoms with E-state index in [0.717, 1.165) is 34.6 Å². The van der Waals surface area contributed by atoms with E-state index in [1.165, 1.54) is 63.0 Å². The molecule has 0 aromatic carbocycles. The van der Waals surface area contributed by atoms with Gasteiger partial charge in [0.1, 0.15) is 4.88 Å². The van der Waals surface area contributed by atoms with Gasteiger partial charge in [-0.15, -0.1) is 0 Å². The van der Waals surface area contributed by atoms with Crippen LogP contribution < -0.4 is 10.6 Å². The number of carbonyl (C=O) groups is 1. The average Bonchev–Trinajstić information content (AvgIpc) is 2.97. The van der Waals surface area contributed by atoms with E-state index >= 15 is 0 Å². The second kappa shape index (κ2) is 8.30. The number of anilines is 1. The summed E-state index contributed by atoms with van der Waals surface area (Å²) < 4.78 is 0. The molecule has 6 heteroatoms. The summed E-state index contributed by atoms with van der Waals surface area (Å²) in [4.78, 5) is 20.3. The van der Waals surface area contributed by atoms with Crippen LogP contribution in [0.3, 0.4) is 0 Å². The quantitative estimate of drug-likeness (QED) is 0.856. The molecule has 1 saturated carbocycles. The van der Waals surface area contributed by atoms with Gasteiger partial charge in [0, 0.05) is 26.2 Å². The largest absolute Gasteiger partial charge is 0.365 e. The first-order chi connectivity index (χ1) is 11.7. The van der Waals surface area contributed by atoms with Gasteiger partial charge in [-0.2, -0.15) is 0 Å². The van der Waals surface area contributed by atoms with Gasteiger partial charge in [0.05, 0.1) is 5.69 Å². The number of nitrogens with zero attached hydrogens (tertiary/aromatic N) is 2. The fourth-order valence-electron chi connectivity index (χ4n) is 4.04. The van der Waals surface area contributed by atoms with Crippen molar-refractivity contribution in [2.45, 2.75) is 57.9 Å². The maximum atomic E-state index is 12.6. The first kappa shape index (κ1) is 17.7. The Labute approximate surface area is 149 Å². The Balaban J connectivity index is 1.52. The molecule has 5 nitrogen and oxygen atoms in total. The van der Waals surface area contributed by atoms with Gasteiger partial charge in [0.2, 0.25) is 0 Å². The van der Waals surface area contributed by atoms with Crippen molar-refractivity contribution in [3.8, 4) is 0 Å². The van der Waals surface area contributed by atoms with Crippen LogP contribution in [-0.4, -0.2) is 48.5 Å². The van der Waals surface area contributed by atoms with Crippen molar-refractivity contribution in [2.24, 2.45) is 5.92 Å². The molecular weight excluding hydrogens is 320 g/mol. The molecule has 2 N–H and O–H groups in total. The van der Waals surface area contributed by atoms with Crippen molar-refractivity contribution in [1.29, 1.82) is 0 Å². The van der Waals surface area contributed by atoms with Crippen molar-refractivity contribution >= 4 is 22.4 Å². The highest BCUT2D eigenvalue weighted by molar-refractivity contribution is 7.17. The van der Waals surface area contributed by atoms with Crippen LogP contribution in [0, 0.1) is 12.8 Å². The number of nitrogens with one attached hydrogen (secondary N) is 2. The minimum absolute atomic E-state index is 0.0380. The minimum atomic E-state index is 0.0380. The molecule has 1 unspecified atom stereocenters. The number of hydrogen-bond donors (Lipinski definition) is 2. The van der Waals surface area contributed by atoms with Gasteiger partial charge >= 0.3 is 0 Å². The maximum absolute atomic E-state index is 12.6. The molecule has 3 rings (SSSR count). The molecule has 2 fully saturated rings. The third-order valence-electron chi connectivity index (χ3n) is 5.30. The van der Waals surface area contributed by atoms with Gasteiger partial charge in [-0.3, -0.25) is 4.79 Å². The summed E-state index contributed by atoms with van der Waals surface area (Å²) in [5.74, 6) is 0.908. The van der Waals surface area contributed by atoms with Gasteiger partial charge in [0.25, 0.3) is 5.91 Å². The third kappa shape index (κ3) is 4.48. The van der Waals surface area contributed by atoms with Crippen molar-refractivity contribution in [2.75, 3.05) is 32.0 Å². The van der Waals surface area contributed by atoms with E-state index in [1.54, 1.807) is 0 Å². The van der Waals surface area contributed by atoms with Crippen LogP contribution >= 0.6 is 11.3 Å². The zero-order valence-electron chi connectivity index (χ0n) is 14.9. The van der Waals surface area contributed by atoms with E-state index in [-0.39, 0.29) is 11.9 Å². The number of amides is 1. The Kier molecular flexibility index (Phi) is 6.11. The van der Waals surface area contributed by atoms with Crippen molar-refractivity contribution < 1.29 is 4.79 Å². The number of likely N-dealkylation sites (tertiary alicyclic amines) is 1. The number of hydrogen-bond acceptors (Lipinski definition) is 5. The maximum Gasteiger partial charge on any atom is 0.263 e. The van der Waals surface area contributed by atoms with Gasteiger partial charge in [-0.1, -0.05) is 30.6 Å². The molecule has 1 aromatic heterocycles. The smallest absolute Gasteiger partial charge is 0.263 e. The van der Waals surface area contributed by atoms with Gasteiger partial charge < -0.3 is 15.5 Å². The number of aromatic nitrogens is 1. The Bertz CT molecular complexity index is 553. The molecule has 0 radical (unpaired) electrons. The number of aryl methyl sites for hydroxylation is 1. The van der Waals surface area contributed by atoms with E-state index in [9.17, 15) is 4.79 Å². The SMILES string of the molecule is CNc1nc(C)c(C(=O)NC2CCCN(CC3CCCCC3)C2)s1. The first-order valence-electron chi connectivity index (χ1n) is 9.34. The normalized spacial score (nSPS) is 23.2. The first-order valence-corrected chi connectivity index (χ1v) is 10.2. The molecule has 134 valence electrons. The highest BCUT2D eigenvalue weighted by Crippen LogP contribution is 2.26. The number of rotatable bonds is 5. The average molecular weight is 351 g/mol. The van der Waals surface area contributed by atoms with Crippen LogP contribution in [0.1, 0.15) is 60.3 Å². The summed E-state index contributed by atoms with van der Waals surface area (Å²) in [6, 6.07) is 0.273. The van der Waals surface area contributed by atoms with Crippen molar-refractivity contribution in [3.05, 3.63) is 10.6 Å². The second-order valence-corrected chi connectivity index (χ2v) is 8.26. The summed E-state index contributed by atoms with van der Waals surface area (Å²) in [5, 5.41) is 7.07. The van der Waals surface area contributed by atoms with E-state index in [1.807, 2.05) is 14.0 Å². The lowest BCUT2D eigenvalue weighted by Crippen LogP contribution is -2.48. The second-order valence-electron chi connectivity index (χ2n) is 7.26. The van der Waals surface area contributed by atoms with E-state index in [2.05, 4.69) is 20.5 Å². The molecule has 1 aliphatic carbocycles. The lowest BCUT2D eigenvalue weighted by molar-refractivity contribution is 0.0893. The Morgan fingerprint density at radius 1 is 1.25 bits per heavy atom. The molecule has 1 aromatic rings. The highest BCUT2D eigenvalue weighted by atomic mass is 32.1. The molecule has 1 saturated heterocycles. The zero-order valence-corrected chi connectivity index (χ0v) is 15.8. The third-order valence-corrected chi connectivity index (χ3v) is 6.47. The number of carbonyl (C=O) groups excluding carboxylic acids is 1. The molecule has 2 heterocycles. The Hall–Kier alpha value is -1.14. The lowest BCUT2D eigenvalue weighted by atomic mass is 9.88. The van der Waals surface area contributed by atoms with Gasteiger partial charge in [-0.05, 0) is 45.1 Å². The van der Waals surface area contributed by atoms with E-state index < -0.39 is 0 Å². The number of thiazole rings is 1. The van der Waals surface area contributed by atoms with Crippen molar-refractivity contribution in [3.63, 3.8) is 0 Å². The predicted octanol–water partition coefficient (Wildman–Crippen LogP) is 3.27. The minimum Gasteiger partial charge on any atom is -0.365 e.